The predicted molar refractivity (Wildman–Crippen MR) is 110 cm³/mol. The molecular formula is C20H20ClN3OS. The molecule has 1 amide bonds. The minimum atomic E-state index is -0.0698. The van der Waals surface area contributed by atoms with Gasteiger partial charge in [-0.3, -0.25) is 4.79 Å². The largest absolute Gasteiger partial charge is 0.331 e. The van der Waals surface area contributed by atoms with Crippen LogP contribution in [0.3, 0.4) is 0 Å². The Morgan fingerprint density at radius 1 is 1.15 bits per heavy atom. The van der Waals surface area contributed by atoms with Crippen LogP contribution in [-0.4, -0.2) is 10.9 Å². The Morgan fingerprint density at radius 3 is 2.58 bits per heavy atom. The quantitative estimate of drug-likeness (QED) is 0.597. The van der Waals surface area contributed by atoms with Gasteiger partial charge < -0.3 is 10.6 Å². The fourth-order valence-electron chi connectivity index (χ4n) is 2.86. The van der Waals surface area contributed by atoms with E-state index in [-0.39, 0.29) is 12.3 Å². The van der Waals surface area contributed by atoms with Gasteiger partial charge in [0.15, 0.2) is 5.13 Å². The van der Waals surface area contributed by atoms with Gasteiger partial charge in [-0.05, 0) is 50.1 Å². The number of rotatable bonds is 5. The van der Waals surface area contributed by atoms with Crippen LogP contribution in [0.1, 0.15) is 22.4 Å². The third kappa shape index (κ3) is 4.62. The van der Waals surface area contributed by atoms with Gasteiger partial charge in [-0.25, -0.2) is 4.98 Å². The second-order valence-corrected chi connectivity index (χ2v) is 7.57. The third-order valence-corrected chi connectivity index (χ3v) is 4.95. The molecule has 0 saturated heterocycles. The second kappa shape index (κ2) is 7.89. The fraction of sp³-hybridized carbons (Fsp3) is 0.200. The monoisotopic (exact) mass is 385 g/mol. The summed E-state index contributed by atoms with van der Waals surface area (Å²) in [6.07, 6.45) is 0.237. The van der Waals surface area contributed by atoms with Crippen LogP contribution in [0.25, 0.3) is 0 Å². The molecule has 2 N–H and O–H groups in total. The summed E-state index contributed by atoms with van der Waals surface area (Å²) in [5.74, 6) is -0.0698. The van der Waals surface area contributed by atoms with Gasteiger partial charge in [0.1, 0.15) is 0 Å². The number of amides is 1. The average molecular weight is 386 g/mol. The third-order valence-electron chi connectivity index (χ3n) is 3.91. The minimum Gasteiger partial charge on any atom is -0.331 e. The Morgan fingerprint density at radius 2 is 1.88 bits per heavy atom. The first-order chi connectivity index (χ1) is 12.4. The Kier molecular flexibility index (Phi) is 5.59. The van der Waals surface area contributed by atoms with Gasteiger partial charge in [0, 0.05) is 21.8 Å². The lowest BCUT2D eigenvalue weighted by molar-refractivity contribution is -0.115. The summed E-state index contributed by atoms with van der Waals surface area (Å²) in [7, 11) is 0. The van der Waals surface area contributed by atoms with Crippen molar-refractivity contribution in [3.05, 3.63) is 69.2 Å². The number of nitrogens with one attached hydrogen (secondary N) is 2. The molecule has 0 unspecified atom stereocenters. The Bertz CT molecular complexity index is 929. The van der Waals surface area contributed by atoms with Crippen LogP contribution in [0.4, 0.5) is 16.5 Å². The van der Waals surface area contributed by atoms with E-state index < -0.39 is 0 Å². The lowest BCUT2D eigenvalue weighted by Gasteiger charge is -2.12. The topological polar surface area (TPSA) is 54.0 Å². The molecule has 0 bridgehead atoms. The maximum Gasteiger partial charge on any atom is 0.230 e. The first kappa shape index (κ1) is 18.4. The van der Waals surface area contributed by atoms with Crippen molar-refractivity contribution < 1.29 is 4.79 Å². The van der Waals surface area contributed by atoms with Crippen LogP contribution in [0.5, 0.6) is 0 Å². The summed E-state index contributed by atoms with van der Waals surface area (Å²) in [5, 5.41) is 9.50. The molecule has 0 fully saturated rings. The summed E-state index contributed by atoms with van der Waals surface area (Å²) in [5.41, 5.74) is 5.81. The van der Waals surface area contributed by atoms with Gasteiger partial charge in [0.25, 0.3) is 0 Å². The molecule has 2 aromatic carbocycles. The van der Waals surface area contributed by atoms with Crippen molar-refractivity contribution in [2.45, 2.75) is 27.2 Å². The molecule has 0 radical (unpaired) electrons. The molecule has 0 aliphatic carbocycles. The van der Waals surface area contributed by atoms with Crippen LogP contribution in [-0.2, 0) is 11.2 Å². The molecule has 3 aromatic rings. The van der Waals surface area contributed by atoms with Crippen molar-refractivity contribution in [2.24, 2.45) is 0 Å². The molecule has 6 heteroatoms. The lowest BCUT2D eigenvalue weighted by atomic mass is 10.0. The standard InChI is InChI=1S/C20H20ClN3OS/c1-12-7-13(2)19(14(3)8-12)24-18(25)10-17-11-26-20(23-17)22-16-6-4-5-15(21)9-16/h4-9,11H,10H2,1-3H3,(H,22,23)(H,24,25). The van der Waals surface area contributed by atoms with Crippen molar-refractivity contribution in [2.75, 3.05) is 10.6 Å². The highest BCUT2D eigenvalue weighted by molar-refractivity contribution is 7.13. The van der Waals surface area contributed by atoms with E-state index in [4.69, 9.17) is 11.6 Å². The van der Waals surface area contributed by atoms with Crippen LogP contribution < -0.4 is 10.6 Å². The highest BCUT2D eigenvalue weighted by Gasteiger charge is 2.11. The molecule has 0 atom stereocenters. The van der Waals surface area contributed by atoms with E-state index >= 15 is 0 Å². The van der Waals surface area contributed by atoms with E-state index in [1.54, 1.807) is 0 Å². The zero-order valence-electron chi connectivity index (χ0n) is 14.9. The number of anilines is 3. The van der Waals surface area contributed by atoms with Crippen LogP contribution >= 0.6 is 22.9 Å². The number of nitrogens with zero attached hydrogens (tertiary/aromatic N) is 1. The molecule has 0 aliphatic heterocycles. The number of aromatic nitrogens is 1. The summed E-state index contributed by atoms with van der Waals surface area (Å²) in [6.45, 7) is 6.06. The molecule has 0 saturated carbocycles. The van der Waals surface area contributed by atoms with E-state index in [0.717, 1.165) is 33.3 Å². The second-order valence-electron chi connectivity index (χ2n) is 6.28. The van der Waals surface area contributed by atoms with E-state index in [1.165, 1.54) is 16.9 Å². The predicted octanol–water partition coefficient (Wildman–Crippen LogP) is 5.65. The van der Waals surface area contributed by atoms with Gasteiger partial charge in [-0.1, -0.05) is 35.4 Å². The Balaban J connectivity index is 1.65. The van der Waals surface area contributed by atoms with Crippen molar-refractivity contribution in [3.63, 3.8) is 0 Å². The van der Waals surface area contributed by atoms with Gasteiger partial charge >= 0.3 is 0 Å². The van der Waals surface area contributed by atoms with Crippen LogP contribution in [0.15, 0.2) is 41.8 Å². The molecule has 0 spiro atoms. The molecule has 3 rings (SSSR count). The van der Waals surface area contributed by atoms with Gasteiger partial charge in [0.2, 0.25) is 5.91 Å². The maximum absolute atomic E-state index is 12.4. The molecule has 0 aliphatic rings. The molecule has 4 nitrogen and oxygen atoms in total. The first-order valence-electron chi connectivity index (χ1n) is 8.25. The van der Waals surface area contributed by atoms with Gasteiger partial charge in [-0.2, -0.15) is 0 Å². The summed E-state index contributed by atoms with van der Waals surface area (Å²) in [4.78, 5) is 16.9. The number of aryl methyl sites for hydroxylation is 3. The Hall–Kier alpha value is -2.37. The molecule has 134 valence electrons. The summed E-state index contributed by atoms with van der Waals surface area (Å²) in [6, 6.07) is 11.6. The highest BCUT2D eigenvalue weighted by atomic mass is 35.5. The number of halogens is 1. The zero-order valence-corrected chi connectivity index (χ0v) is 16.5. The van der Waals surface area contributed by atoms with E-state index in [2.05, 4.69) is 34.7 Å². The summed E-state index contributed by atoms with van der Waals surface area (Å²) < 4.78 is 0. The minimum absolute atomic E-state index is 0.0698. The molecular weight excluding hydrogens is 366 g/mol. The summed E-state index contributed by atoms with van der Waals surface area (Å²) >= 11 is 7.45. The first-order valence-corrected chi connectivity index (χ1v) is 9.51. The van der Waals surface area contributed by atoms with E-state index in [9.17, 15) is 4.79 Å². The average Bonchev–Trinajstić information content (AvgIpc) is 2.97. The van der Waals surface area contributed by atoms with Crippen molar-refractivity contribution in [3.8, 4) is 0 Å². The molecule has 1 heterocycles. The number of benzene rings is 2. The van der Waals surface area contributed by atoms with Crippen molar-refractivity contribution in [1.82, 2.24) is 4.98 Å². The maximum atomic E-state index is 12.4. The van der Waals surface area contributed by atoms with Gasteiger partial charge in [0.05, 0.1) is 12.1 Å². The van der Waals surface area contributed by atoms with Gasteiger partial charge in [-0.15, -0.1) is 11.3 Å². The molecule has 26 heavy (non-hydrogen) atoms. The van der Waals surface area contributed by atoms with E-state index in [0.29, 0.717) is 5.02 Å². The van der Waals surface area contributed by atoms with Crippen molar-refractivity contribution >= 4 is 45.4 Å². The smallest absolute Gasteiger partial charge is 0.230 e. The molecule has 1 aromatic heterocycles. The lowest BCUT2D eigenvalue weighted by Crippen LogP contribution is -2.16. The van der Waals surface area contributed by atoms with E-state index in [1.807, 2.05) is 43.5 Å². The van der Waals surface area contributed by atoms with Crippen LogP contribution in [0, 0.1) is 20.8 Å². The number of carbonyl (C=O) groups excluding carboxylic acids is 1. The Labute approximate surface area is 162 Å². The van der Waals surface area contributed by atoms with Crippen molar-refractivity contribution in [1.29, 1.82) is 0 Å². The number of thiazole rings is 1. The number of carbonyl (C=O) groups is 1. The normalized spacial score (nSPS) is 10.6. The SMILES string of the molecule is Cc1cc(C)c(NC(=O)Cc2csc(Nc3cccc(Cl)c3)n2)c(C)c1. The zero-order chi connectivity index (χ0) is 18.7. The highest BCUT2D eigenvalue weighted by Crippen LogP contribution is 2.24. The number of hydrogen-bond donors (Lipinski definition) is 2. The fourth-order valence-corrected chi connectivity index (χ4v) is 3.78. The number of hydrogen-bond acceptors (Lipinski definition) is 4. The van der Waals surface area contributed by atoms with Crippen LogP contribution in [0.2, 0.25) is 5.02 Å².